The molecule has 2 aliphatic heterocycles. The Hall–Kier alpha value is -0.320. The number of likely N-dealkylation sites (tertiary alicyclic amines) is 2. The molecule has 0 aromatic heterocycles. The number of rotatable bonds is 4. The molecular weight excluding hydrogens is 286 g/mol. The highest BCUT2D eigenvalue weighted by Gasteiger charge is 2.38. The molecule has 0 aromatic carbocycles. The molecule has 2 unspecified atom stereocenters. The summed E-state index contributed by atoms with van der Waals surface area (Å²) in [4.78, 5) is 17.0. The van der Waals surface area contributed by atoms with E-state index in [1.54, 1.807) is 0 Å². The molecule has 2 saturated heterocycles. The highest BCUT2D eigenvalue weighted by atomic mass is 35.5. The highest BCUT2D eigenvalue weighted by molar-refractivity contribution is 5.86. The van der Waals surface area contributed by atoms with Crippen LogP contribution in [-0.4, -0.2) is 54.5 Å². The third-order valence-corrected chi connectivity index (χ3v) is 5.20. The first-order chi connectivity index (χ1) is 9.44. The molecule has 0 bridgehead atoms. The second-order valence-electron chi connectivity index (χ2n) is 7.11. The van der Waals surface area contributed by atoms with Gasteiger partial charge in [0.1, 0.15) is 0 Å². The van der Waals surface area contributed by atoms with Crippen molar-refractivity contribution in [2.45, 2.75) is 51.5 Å². The predicted molar refractivity (Wildman–Crippen MR) is 89.7 cm³/mol. The van der Waals surface area contributed by atoms with E-state index in [0.717, 1.165) is 31.8 Å². The van der Waals surface area contributed by atoms with Gasteiger partial charge in [0.05, 0.1) is 5.54 Å². The van der Waals surface area contributed by atoms with Crippen molar-refractivity contribution >= 4 is 18.3 Å². The lowest BCUT2D eigenvalue weighted by Crippen LogP contribution is -2.52. The quantitative estimate of drug-likeness (QED) is 0.864. The van der Waals surface area contributed by atoms with Crippen LogP contribution in [0, 0.1) is 11.8 Å². The molecule has 0 radical (unpaired) electrons. The smallest absolute Gasteiger partial charge is 0.242 e. The zero-order valence-electron chi connectivity index (χ0n) is 13.8. The Morgan fingerprint density at radius 3 is 2.33 bits per heavy atom. The standard InChI is InChI=1S/C16H31N3O.ClH/c1-4-8-16(2,17)15(20)19-11-7-14(12-19)13-5-9-18(3)10-6-13;/h13-14H,4-12,17H2,1-3H3;1H. The Bertz CT molecular complexity index is 340. The summed E-state index contributed by atoms with van der Waals surface area (Å²) in [5.41, 5.74) is 5.52. The van der Waals surface area contributed by atoms with Gasteiger partial charge in [0.15, 0.2) is 0 Å². The lowest BCUT2D eigenvalue weighted by Gasteiger charge is -2.33. The number of hydrogen-bond donors (Lipinski definition) is 1. The Balaban J connectivity index is 0.00000220. The Kier molecular flexibility index (Phi) is 6.95. The third-order valence-electron chi connectivity index (χ3n) is 5.20. The van der Waals surface area contributed by atoms with Gasteiger partial charge in [-0.05, 0) is 64.6 Å². The molecule has 2 rings (SSSR count). The van der Waals surface area contributed by atoms with Gasteiger partial charge in [0, 0.05) is 13.1 Å². The van der Waals surface area contributed by atoms with Crippen LogP contribution in [0.4, 0.5) is 0 Å². The van der Waals surface area contributed by atoms with E-state index >= 15 is 0 Å². The lowest BCUT2D eigenvalue weighted by molar-refractivity contribution is -0.135. The Morgan fingerprint density at radius 1 is 1.19 bits per heavy atom. The zero-order chi connectivity index (χ0) is 14.8. The number of halogens is 1. The van der Waals surface area contributed by atoms with Gasteiger partial charge in [-0.25, -0.2) is 0 Å². The van der Waals surface area contributed by atoms with E-state index in [9.17, 15) is 4.79 Å². The highest BCUT2D eigenvalue weighted by Crippen LogP contribution is 2.32. The second kappa shape index (κ2) is 7.80. The van der Waals surface area contributed by atoms with Crippen LogP contribution in [0.5, 0.6) is 0 Å². The molecule has 2 heterocycles. The van der Waals surface area contributed by atoms with Crippen LogP contribution in [0.2, 0.25) is 0 Å². The molecule has 1 amide bonds. The number of piperidine rings is 1. The van der Waals surface area contributed by atoms with Crippen molar-refractivity contribution in [1.29, 1.82) is 0 Å². The first-order valence-corrected chi connectivity index (χ1v) is 8.21. The normalized spacial score (nSPS) is 27.2. The molecule has 0 spiro atoms. The van der Waals surface area contributed by atoms with E-state index < -0.39 is 5.54 Å². The molecule has 4 nitrogen and oxygen atoms in total. The topological polar surface area (TPSA) is 49.6 Å². The molecule has 0 aromatic rings. The minimum Gasteiger partial charge on any atom is -0.341 e. The van der Waals surface area contributed by atoms with Gasteiger partial charge in [0.2, 0.25) is 5.91 Å². The van der Waals surface area contributed by atoms with Crippen molar-refractivity contribution in [3.8, 4) is 0 Å². The number of hydrogen-bond acceptors (Lipinski definition) is 3. The first-order valence-electron chi connectivity index (χ1n) is 8.21. The summed E-state index contributed by atoms with van der Waals surface area (Å²) in [6.45, 7) is 8.24. The van der Waals surface area contributed by atoms with Crippen molar-refractivity contribution in [3.05, 3.63) is 0 Å². The van der Waals surface area contributed by atoms with E-state index in [1.165, 1.54) is 32.4 Å². The van der Waals surface area contributed by atoms with E-state index in [4.69, 9.17) is 5.73 Å². The van der Waals surface area contributed by atoms with Crippen molar-refractivity contribution in [1.82, 2.24) is 9.80 Å². The molecule has 2 fully saturated rings. The average molecular weight is 318 g/mol. The Labute approximate surface area is 135 Å². The van der Waals surface area contributed by atoms with E-state index in [1.807, 2.05) is 11.8 Å². The molecule has 2 aliphatic rings. The van der Waals surface area contributed by atoms with Crippen molar-refractivity contribution in [2.75, 3.05) is 33.2 Å². The summed E-state index contributed by atoms with van der Waals surface area (Å²) < 4.78 is 0. The lowest BCUT2D eigenvalue weighted by atomic mass is 9.84. The van der Waals surface area contributed by atoms with Gasteiger partial charge in [-0.15, -0.1) is 12.4 Å². The number of carbonyl (C=O) groups excluding carboxylic acids is 1. The molecule has 0 aliphatic carbocycles. The van der Waals surface area contributed by atoms with Crippen molar-refractivity contribution < 1.29 is 4.79 Å². The predicted octanol–water partition coefficient (Wildman–Crippen LogP) is 2.12. The number of nitrogens with zero attached hydrogens (tertiary/aromatic N) is 2. The van der Waals surface area contributed by atoms with Crippen molar-refractivity contribution in [3.63, 3.8) is 0 Å². The van der Waals surface area contributed by atoms with E-state index in [-0.39, 0.29) is 18.3 Å². The van der Waals surface area contributed by atoms with Crippen LogP contribution >= 0.6 is 12.4 Å². The molecule has 124 valence electrons. The van der Waals surface area contributed by atoms with Gasteiger partial charge in [0.25, 0.3) is 0 Å². The SMILES string of the molecule is CCCC(C)(N)C(=O)N1CCC(C2CCN(C)CC2)C1.Cl. The molecule has 21 heavy (non-hydrogen) atoms. The van der Waals surface area contributed by atoms with Crippen molar-refractivity contribution in [2.24, 2.45) is 17.6 Å². The fourth-order valence-electron chi connectivity index (χ4n) is 3.84. The fraction of sp³-hybridized carbons (Fsp3) is 0.938. The maximum Gasteiger partial charge on any atom is 0.242 e. The van der Waals surface area contributed by atoms with Crippen LogP contribution in [0.25, 0.3) is 0 Å². The van der Waals surface area contributed by atoms with Gasteiger partial charge >= 0.3 is 0 Å². The van der Waals surface area contributed by atoms with Gasteiger partial charge < -0.3 is 15.5 Å². The van der Waals surface area contributed by atoms with Gasteiger partial charge in [-0.1, -0.05) is 13.3 Å². The molecule has 5 heteroatoms. The van der Waals surface area contributed by atoms with Crippen LogP contribution in [0.1, 0.15) is 46.0 Å². The van der Waals surface area contributed by atoms with Crippen LogP contribution in [0.15, 0.2) is 0 Å². The summed E-state index contributed by atoms with van der Waals surface area (Å²) >= 11 is 0. The summed E-state index contributed by atoms with van der Waals surface area (Å²) in [6, 6.07) is 0. The number of amides is 1. The van der Waals surface area contributed by atoms with Crippen LogP contribution in [0.3, 0.4) is 0 Å². The van der Waals surface area contributed by atoms with E-state index in [0.29, 0.717) is 5.92 Å². The monoisotopic (exact) mass is 317 g/mol. The second-order valence-corrected chi connectivity index (χ2v) is 7.11. The van der Waals surface area contributed by atoms with Gasteiger partial charge in [-0.3, -0.25) is 4.79 Å². The summed E-state index contributed by atoms with van der Waals surface area (Å²) in [5, 5.41) is 0. The Morgan fingerprint density at radius 2 is 1.76 bits per heavy atom. The third kappa shape index (κ3) is 4.57. The number of nitrogens with two attached hydrogens (primary N) is 1. The fourth-order valence-corrected chi connectivity index (χ4v) is 3.84. The van der Waals surface area contributed by atoms with Gasteiger partial charge in [-0.2, -0.15) is 0 Å². The maximum atomic E-state index is 12.5. The van der Waals surface area contributed by atoms with Crippen LogP contribution in [-0.2, 0) is 4.79 Å². The minimum absolute atomic E-state index is 0. The number of carbonyl (C=O) groups is 1. The average Bonchev–Trinajstić information content (AvgIpc) is 2.88. The summed E-state index contributed by atoms with van der Waals surface area (Å²) in [5.74, 6) is 1.67. The van der Waals surface area contributed by atoms with E-state index in [2.05, 4.69) is 18.9 Å². The minimum atomic E-state index is -0.670. The molecule has 0 saturated carbocycles. The maximum absolute atomic E-state index is 12.5. The van der Waals surface area contributed by atoms with Crippen LogP contribution < -0.4 is 5.73 Å². The summed E-state index contributed by atoms with van der Waals surface area (Å²) in [7, 11) is 2.20. The summed E-state index contributed by atoms with van der Waals surface area (Å²) in [6.07, 6.45) is 5.49. The zero-order valence-corrected chi connectivity index (χ0v) is 14.6. The molecular formula is C16H32ClN3O. The first kappa shape index (κ1) is 18.7. The largest absolute Gasteiger partial charge is 0.341 e. The molecule has 2 atom stereocenters. The molecule has 2 N–H and O–H groups in total.